The van der Waals surface area contributed by atoms with E-state index in [9.17, 15) is 9.18 Å². The Morgan fingerprint density at radius 2 is 2.05 bits per heavy atom. The van der Waals surface area contributed by atoms with E-state index in [1.165, 1.54) is 12.3 Å². The smallest absolute Gasteiger partial charge is 0.253 e. The normalized spacial score (nSPS) is 12.6. The van der Waals surface area contributed by atoms with Crippen LogP contribution in [0.25, 0.3) is 10.9 Å². The molecule has 22 heavy (non-hydrogen) atoms. The van der Waals surface area contributed by atoms with Gasteiger partial charge in [-0.05, 0) is 31.4 Å². The van der Waals surface area contributed by atoms with Gasteiger partial charge in [0, 0.05) is 17.6 Å². The van der Waals surface area contributed by atoms with Gasteiger partial charge < -0.3 is 5.32 Å². The van der Waals surface area contributed by atoms with E-state index < -0.39 is 0 Å². The van der Waals surface area contributed by atoms with Crippen molar-refractivity contribution in [3.8, 4) is 0 Å². The number of amides is 1. The first-order chi connectivity index (χ1) is 10.5. The number of carbonyl (C=O) groups is 1. The molecule has 1 heterocycles. The number of aromatic nitrogens is 1. The summed E-state index contributed by atoms with van der Waals surface area (Å²) in [5, 5.41) is 3.64. The molecule has 2 aromatic rings. The van der Waals surface area contributed by atoms with Gasteiger partial charge in [0.1, 0.15) is 11.3 Å². The lowest BCUT2D eigenvalue weighted by atomic mass is 9.95. The molecule has 1 N–H and O–H groups in total. The monoisotopic (exact) mass is 302 g/mol. The minimum atomic E-state index is -0.369. The number of rotatable bonds is 6. The van der Waals surface area contributed by atoms with Crippen LogP contribution in [0.15, 0.2) is 30.5 Å². The minimum absolute atomic E-state index is 0.112. The second-order valence-corrected chi connectivity index (χ2v) is 5.83. The van der Waals surface area contributed by atoms with E-state index >= 15 is 0 Å². The summed E-state index contributed by atoms with van der Waals surface area (Å²) >= 11 is 0. The number of halogens is 1. The number of nitrogens with zero attached hydrogens (tertiary/aromatic N) is 1. The molecule has 0 bridgehead atoms. The highest BCUT2D eigenvalue weighted by atomic mass is 19.1. The summed E-state index contributed by atoms with van der Waals surface area (Å²) in [6, 6.07) is 6.55. The summed E-state index contributed by atoms with van der Waals surface area (Å²) in [6.45, 7) is 6.36. The molecular weight excluding hydrogens is 279 g/mol. The van der Waals surface area contributed by atoms with Crippen molar-refractivity contribution in [2.75, 3.05) is 0 Å². The largest absolute Gasteiger partial charge is 0.350 e. The molecule has 1 aromatic carbocycles. The average Bonchev–Trinajstić information content (AvgIpc) is 2.52. The molecule has 0 aliphatic heterocycles. The summed E-state index contributed by atoms with van der Waals surface area (Å²) in [7, 11) is 0. The highest BCUT2D eigenvalue weighted by molar-refractivity contribution is 5.97. The maximum Gasteiger partial charge on any atom is 0.253 e. The number of carbonyl (C=O) groups excluding carboxylic acids is 1. The van der Waals surface area contributed by atoms with E-state index in [1.54, 1.807) is 18.2 Å². The fraction of sp³-hybridized carbons (Fsp3) is 0.444. The van der Waals surface area contributed by atoms with E-state index in [-0.39, 0.29) is 17.8 Å². The van der Waals surface area contributed by atoms with Gasteiger partial charge in [0.05, 0.1) is 5.56 Å². The molecule has 0 spiro atoms. The molecule has 118 valence electrons. The van der Waals surface area contributed by atoms with Gasteiger partial charge in [0.15, 0.2) is 0 Å². The lowest BCUT2D eigenvalue weighted by Gasteiger charge is -2.19. The summed E-state index contributed by atoms with van der Waals surface area (Å²) < 4.78 is 13.6. The van der Waals surface area contributed by atoms with Gasteiger partial charge in [-0.2, -0.15) is 0 Å². The Balaban J connectivity index is 2.09. The molecule has 0 saturated heterocycles. The Kier molecular flexibility index (Phi) is 5.47. The van der Waals surface area contributed by atoms with Crippen LogP contribution >= 0.6 is 0 Å². The number of nitrogens with one attached hydrogen (secondary N) is 1. The maximum atomic E-state index is 13.6. The highest BCUT2D eigenvalue weighted by Crippen LogP contribution is 2.18. The van der Waals surface area contributed by atoms with Crippen molar-refractivity contribution < 1.29 is 9.18 Å². The quantitative estimate of drug-likeness (QED) is 0.863. The van der Waals surface area contributed by atoms with E-state index in [1.807, 2.05) is 6.92 Å². The number of benzene rings is 1. The molecule has 1 aromatic heterocycles. The first-order valence-corrected chi connectivity index (χ1v) is 7.90. The molecule has 1 unspecified atom stereocenters. The van der Waals surface area contributed by atoms with Crippen molar-refractivity contribution >= 4 is 16.8 Å². The van der Waals surface area contributed by atoms with Crippen molar-refractivity contribution in [1.29, 1.82) is 0 Å². The van der Waals surface area contributed by atoms with E-state index in [4.69, 9.17) is 0 Å². The summed E-state index contributed by atoms with van der Waals surface area (Å²) in [5.41, 5.74) is 0.763. The SMILES string of the molecule is CCC(CC)CC(C)NC(=O)c1cnc2c(F)cccc2c1. The minimum Gasteiger partial charge on any atom is -0.350 e. The van der Waals surface area contributed by atoms with E-state index in [0.717, 1.165) is 19.3 Å². The van der Waals surface area contributed by atoms with Gasteiger partial charge in [-0.25, -0.2) is 4.39 Å². The molecule has 0 radical (unpaired) electrons. The number of hydrogen-bond acceptors (Lipinski definition) is 2. The van der Waals surface area contributed by atoms with Crippen LogP contribution in [0.2, 0.25) is 0 Å². The van der Waals surface area contributed by atoms with Crippen LogP contribution in [0.5, 0.6) is 0 Å². The van der Waals surface area contributed by atoms with E-state index in [0.29, 0.717) is 22.4 Å². The van der Waals surface area contributed by atoms with Crippen LogP contribution in [-0.4, -0.2) is 16.9 Å². The summed E-state index contributed by atoms with van der Waals surface area (Å²) in [5.74, 6) is 0.0998. The van der Waals surface area contributed by atoms with Crippen molar-refractivity contribution in [2.45, 2.75) is 46.1 Å². The van der Waals surface area contributed by atoms with Crippen LogP contribution in [0.1, 0.15) is 50.4 Å². The van der Waals surface area contributed by atoms with Gasteiger partial charge in [-0.3, -0.25) is 9.78 Å². The third-order valence-electron chi connectivity index (χ3n) is 4.14. The fourth-order valence-electron chi connectivity index (χ4n) is 2.74. The second kappa shape index (κ2) is 7.34. The zero-order chi connectivity index (χ0) is 16.1. The number of para-hydroxylation sites is 1. The van der Waals surface area contributed by atoms with Gasteiger partial charge in [-0.15, -0.1) is 0 Å². The van der Waals surface area contributed by atoms with Crippen molar-refractivity contribution in [3.63, 3.8) is 0 Å². The first-order valence-electron chi connectivity index (χ1n) is 7.90. The standard InChI is InChI=1S/C18H23FN2O/c1-4-13(5-2)9-12(3)21-18(22)15-10-14-7-6-8-16(19)17(14)20-11-15/h6-8,10-13H,4-5,9H2,1-3H3,(H,21,22). The van der Waals surface area contributed by atoms with Crippen molar-refractivity contribution in [2.24, 2.45) is 5.92 Å². The van der Waals surface area contributed by atoms with Crippen LogP contribution in [0, 0.1) is 11.7 Å². The second-order valence-electron chi connectivity index (χ2n) is 5.83. The zero-order valence-electron chi connectivity index (χ0n) is 13.4. The third-order valence-corrected chi connectivity index (χ3v) is 4.14. The van der Waals surface area contributed by atoms with Gasteiger partial charge in [0.2, 0.25) is 0 Å². The molecule has 2 rings (SSSR count). The summed E-state index contributed by atoms with van der Waals surface area (Å²) in [6.07, 6.45) is 4.64. The lowest BCUT2D eigenvalue weighted by molar-refractivity contribution is 0.0934. The number of fused-ring (bicyclic) bond motifs is 1. The predicted octanol–water partition coefficient (Wildman–Crippen LogP) is 4.32. The fourth-order valence-corrected chi connectivity index (χ4v) is 2.74. The van der Waals surface area contributed by atoms with Gasteiger partial charge in [0.25, 0.3) is 5.91 Å². The van der Waals surface area contributed by atoms with Crippen molar-refractivity contribution in [3.05, 3.63) is 41.8 Å². The highest BCUT2D eigenvalue weighted by Gasteiger charge is 2.14. The Bertz CT molecular complexity index is 653. The zero-order valence-corrected chi connectivity index (χ0v) is 13.4. The Hall–Kier alpha value is -1.97. The maximum absolute atomic E-state index is 13.6. The predicted molar refractivity (Wildman–Crippen MR) is 87.3 cm³/mol. The molecule has 0 saturated carbocycles. The average molecular weight is 302 g/mol. The van der Waals surface area contributed by atoms with Crippen LogP contribution in [-0.2, 0) is 0 Å². The Morgan fingerprint density at radius 3 is 2.73 bits per heavy atom. The molecule has 3 nitrogen and oxygen atoms in total. The van der Waals surface area contributed by atoms with Gasteiger partial charge in [-0.1, -0.05) is 38.8 Å². The molecule has 0 aliphatic rings. The first kappa shape index (κ1) is 16.4. The van der Waals surface area contributed by atoms with Gasteiger partial charge >= 0.3 is 0 Å². The molecule has 1 amide bonds. The Morgan fingerprint density at radius 1 is 1.32 bits per heavy atom. The lowest BCUT2D eigenvalue weighted by Crippen LogP contribution is -2.34. The Labute approximate surface area is 130 Å². The van der Waals surface area contributed by atoms with E-state index in [2.05, 4.69) is 24.1 Å². The summed E-state index contributed by atoms with van der Waals surface area (Å²) in [4.78, 5) is 16.4. The van der Waals surface area contributed by atoms with Crippen molar-refractivity contribution in [1.82, 2.24) is 10.3 Å². The molecule has 0 fully saturated rings. The van der Waals surface area contributed by atoms with Crippen LogP contribution in [0.4, 0.5) is 4.39 Å². The molecular formula is C18H23FN2O. The van der Waals surface area contributed by atoms with Crippen LogP contribution in [0.3, 0.4) is 0 Å². The van der Waals surface area contributed by atoms with Crippen LogP contribution < -0.4 is 5.32 Å². The number of hydrogen-bond donors (Lipinski definition) is 1. The third kappa shape index (κ3) is 3.81. The molecule has 1 atom stereocenters. The molecule has 0 aliphatic carbocycles. The number of pyridine rings is 1. The topological polar surface area (TPSA) is 42.0 Å². The molecule has 4 heteroatoms.